The maximum atomic E-state index is 4.44. The van der Waals surface area contributed by atoms with Crippen molar-refractivity contribution in [3.63, 3.8) is 0 Å². The average Bonchev–Trinajstić information content (AvgIpc) is 2.87. The van der Waals surface area contributed by atoms with Crippen LogP contribution in [0.15, 0.2) is 6.20 Å². The molecule has 16 heavy (non-hydrogen) atoms. The number of hydrogen-bond acceptors (Lipinski definition) is 6. The molecule has 1 saturated carbocycles. The van der Waals surface area contributed by atoms with Crippen molar-refractivity contribution in [3.05, 3.63) is 21.1 Å². The lowest BCUT2D eigenvalue weighted by Crippen LogP contribution is -1.96. The molecule has 0 atom stereocenters. The number of nitrogens with one attached hydrogen (secondary N) is 1. The largest absolute Gasteiger partial charge is 0.355 e. The predicted molar refractivity (Wildman–Crippen MR) is 66.1 cm³/mol. The van der Waals surface area contributed by atoms with Crippen LogP contribution < -0.4 is 5.32 Å². The Labute approximate surface area is 102 Å². The predicted octanol–water partition coefficient (Wildman–Crippen LogP) is 2.79. The molecule has 2 aromatic heterocycles. The summed E-state index contributed by atoms with van der Waals surface area (Å²) in [6.45, 7) is 2.76. The quantitative estimate of drug-likeness (QED) is 0.909. The van der Waals surface area contributed by atoms with Gasteiger partial charge in [-0.1, -0.05) is 11.3 Å². The minimum Gasteiger partial charge on any atom is -0.355 e. The van der Waals surface area contributed by atoms with Crippen molar-refractivity contribution in [2.75, 3.05) is 5.32 Å². The van der Waals surface area contributed by atoms with Crippen molar-refractivity contribution >= 4 is 27.8 Å². The Hall–Kier alpha value is -1.01. The molecule has 0 spiro atoms. The number of rotatable bonds is 4. The fourth-order valence-electron chi connectivity index (χ4n) is 1.45. The molecular weight excluding hydrogens is 240 g/mol. The molecule has 1 fully saturated rings. The maximum absolute atomic E-state index is 4.44. The summed E-state index contributed by atoms with van der Waals surface area (Å²) in [5, 5.41) is 14.4. The number of aromatic nitrogens is 3. The number of hydrogen-bond donors (Lipinski definition) is 1. The van der Waals surface area contributed by atoms with E-state index in [1.165, 1.54) is 22.7 Å². The van der Waals surface area contributed by atoms with E-state index < -0.39 is 0 Å². The van der Waals surface area contributed by atoms with E-state index in [-0.39, 0.29) is 0 Å². The van der Waals surface area contributed by atoms with E-state index >= 15 is 0 Å². The third kappa shape index (κ3) is 2.22. The van der Waals surface area contributed by atoms with E-state index in [9.17, 15) is 0 Å². The van der Waals surface area contributed by atoms with Crippen molar-refractivity contribution in [1.82, 2.24) is 15.2 Å². The zero-order valence-electron chi connectivity index (χ0n) is 8.93. The summed E-state index contributed by atoms with van der Waals surface area (Å²) in [4.78, 5) is 5.71. The van der Waals surface area contributed by atoms with Gasteiger partial charge in [0.05, 0.1) is 11.6 Å². The highest BCUT2D eigenvalue weighted by Gasteiger charge is 2.26. The Kier molecular flexibility index (Phi) is 2.61. The first kappa shape index (κ1) is 10.2. The molecule has 3 rings (SSSR count). The summed E-state index contributed by atoms with van der Waals surface area (Å²) < 4.78 is 0. The Morgan fingerprint density at radius 3 is 2.94 bits per heavy atom. The Bertz CT molecular complexity index is 486. The summed E-state index contributed by atoms with van der Waals surface area (Å²) in [5.74, 6) is 0.752. The molecule has 0 radical (unpaired) electrons. The lowest BCUT2D eigenvalue weighted by molar-refractivity contribution is 1.03. The van der Waals surface area contributed by atoms with Crippen LogP contribution in [0.25, 0.3) is 0 Å². The topological polar surface area (TPSA) is 50.7 Å². The summed E-state index contributed by atoms with van der Waals surface area (Å²) in [6.07, 6.45) is 4.60. The highest BCUT2D eigenvalue weighted by atomic mass is 32.1. The second kappa shape index (κ2) is 4.10. The molecule has 0 amide bonds. The fourth-order valence-corrected chi connectivity index (χ4v) is 3.07. The average molecular weight is 252 g/mol. The van der Waals surface area contributed by atoms with Crippen LogP contribution in [0.4, 0.5) is 5.13 Å². The maximum Gasteiger partial charge on any atom is 0.205 e. The van der Waals surface area contributed by atoms with Crippen LogP contribution in [0, 0.1) is 6.92 Å². The van der Waals surface area contributed by atoms with E-state index in [1.807, 2.05) is 24.5 Å². The highest BCUT2D eigenvalue weighted by molar-refractivity contribution is 7.15. The number of aryl methyl sites for hydroxylation is 1. The van der Waals surface area contributed by atoms with Gasteiger partial charge < -0.3 is 5.32 Å². The van der Waals surface area contributed by atoms with Crippen LogP contribution in [-0.4, -0.2) is 15.2 Å². The third-order valence-electron chi connectivity index (χ3n) is 2.44. The van der Waals surface area contributed by atoms with Gasteiger partial charge in [0, 0.05) is 17.0 Å². The number of thiazole rings is 1. The minimum atomic E-state index is 0.752. The molecule has 84 valence electrons. The van der Waals surface area contributed by atoms with Crippen LogP contribution in [0.3, 0.4) is 0 Å². The molecule has 2 heterocycles. The first-order chi connectivity index (χ1) is 7.81. The van der Waals surface area contributed by atoms with Crippen molar-refractivity contribution in [3.8, 4) is 0 Å². The van der Waals surface area contributed by atoms with Crippen LogP contribution >= 0.6 is 22.7 Å². The number of anilines is 1. The second-order valence-electron chi connectivity index (χ2n) is 3.92. The molecule has 1 N–H and O–H groups in total. The van der Waals surface area contributed by atoms with Gasteiger partial charge in [0.2, 0.25) is 5.13 Å². The van der Waals surface area contributed by atoms with Gasteiger partial charge in [0.1, 0.15) is 5.01 Å². The Morgan fingerprint density at radius 2 is 2.25 bits per heavy atom. The van der Waals surface area contributed by atoms with Gasteiger partial charge in [-0.3, -0.25) is 0 Å². The molecule has 0 unspecified atom stereocenters. The summed E-state index contributed by atoms with van der Waals surface area (Å²) >= 11 is 3.40. The van der Waals surface area contributed by atoms with Gasteiger partial charge >= 0.3 is 0 Å². The normalized spacial score (nSPS) is 15.3. The molecule has 1 aliphatic carbocycles. The van der Waals surface area contributed by atoms with Crippen LogP contribution in [-0.2, 0) is 6.54 Å². The third-order valence-corrected chi connectivity index (χ3v) is 4.39. The molecule has 2 aromatic rings. The summed E-state index contributed by atoms with van der Waals surface area (Å²) in [7, 11) is 0. The van der Waals surface area contributed by atoms with Crippen molar-refractivity contribution in [2.24, 2.45) is 0 Å². The van der Waals surface area contributed by atoms with E-state index in [4.69, 9.17) is 0 Å². The van der Waals surface area contributed by atoms with Gasteiger partial charge in [-0.25, -0.2) is 4.98 Å². The van der Waals surface area contributed by atoms with E-state index in [0.717, 1.165) is 22.6 Å². The van der Waals surface area contributed by atoms with Crippen molar-refractivity contribution < 1.29 is 0 Å². The van der Waals surface area contributed by atoms with Crippen molar-refractivity contribution in [1.29, 1.82) is 0 Å². The number of nitrogens with zero attached hydrogens (tertiary/aromatic N) is 3. The van der Waals surface area contributed by atoms with E-state index in [1.54, 1.807) is 11.3 Å². The molecule has 1 aliphatic rings. The fraction of sp³-hybridized carbons (Fsp3) is 0.500. The molecule has 0 aliphatic heterocycles. The zero-order chi connectivity index (χ0) is 11.0. The van der Waals surface area contributed by atoms with Gasteiger partial charge in [0.15, 0.2) is 0 Å². The first-order valence-electron chi connectivity index (χ1n) is 5.30. The highest BCUT2D eigenvalue weighted by Crippen LogP contribution is 2.41. The summed E-state index contributed by atoms with van der Waals surface area (Å²) in [5.41, 5.74) is 0. The first-order valence-corrected chi connectivity index (χ1v) is 6.93. The molecule has 0 aromatic carbocycles. The lowest BCUT2D eigenvalue weighted by Gasteiger charge is -1.96. The molecule has 6 heteroatoms. The summed E-state index contributed by atoms with van der Waals surface area (Å²) in [6, 6.07) is 0. The van der Waals surface area contributed by atoms with Crippen LogP contribution in [0.2, 0.25) is 0 Å². The van der Waals surface area contributed by atoms with E-state index in [2.05, 4.69) is 20.5 Å². The molecular formula is C10H12N4S2. The van der Waals surface area contributed by atoms with Gasteiger partial charge in [0.25, 0.3) is 0 Å². The van der Waals surface area contributed by atoms with E-state index in [0.29, 0.717) is 0 Å². The molecule has 0 saturated heterocycles. The van der Waals surface area contributed by atoms with Gasteiger partial charge in [-0.05, 0) is 19.8 Å². The minimum absolute atomic E-state index is 0.752. The van der Waals surface area contributed by atoms with Crippen LogP contribution in [0.5, 0.6) is 0 Å². The van der Waals surface area contributed by atoms with Gasteiger partial charge in [-0.15, -0.1) is 21.5 Å². The zero-order valence-corrected chi connectivity index (χ0v) is 10.6. The Balaban J connectivity index is 1.61. The van der Waals surface area contributed by atoms with Gasteiger partial charge in [-0.2, -0.15) is 0 Å². The van der Waals surface area contributed by atoms with Crippen molar-refractivity contribution in [2.45, 2.75) is 32.2 Å². The Morgan fingerprint density at radius 1 is 1.38 bits per heavy atom. The molecule has 4 nitrogen and oxygen atoms in total. The second-order valence-corrected chi connectivity index (χ2v) is 6.25. The standard InChI is InChI=1S/C10H12N4S2/c1-6-13-14-10(15-6)12-5-8-4-11-9(16-8)7-2-3-7/h4,7H,2-3,5H2,1H3,(H,12,14). The SMILES string of the molecule is Cc1nnc(NCc2cnc(C3CC3)s2)s1. The smallest absolute Gasteiger partial charge is 0.205 e. The monoisotopic (exact) mass is 252 g/mol. The molecule has 0 bridgehead atoms. The lowest BCUT2D eigenvalue weighted by atomic mass is 10.5. The van der Waals surface area contributed by atoms with Crippen LogP contribution in [0.1, 0.15) is 33.7 Å².